The Kier molecular flexibility index (Phi) is 3.86. The Hall–Kier alpha value is -0.945. The summed E-state index contributed by atoms with van der Waals surface area (Å²) in [5, 5.41) is 1.18. The number of benzene rings is 1. The van der Waals surface area contributed by atoms with Crippen LogP contribution in [0.2, 0.25) is 0 Å². The Labute approximate surface area is 154 Å². The first-order valence-corrected chi connectivity index (χ1v) is 9.78. The molecule has 0 aliphatic carbocycles. The summed E-state index contributed by atoms with van der Waals surface area (Å²) >= 11 is 1.78. The van der Waals surface area contributed by atoms with Gasteiger partial charge in [0.1, 0.15) is 0 Å². The van der Waals surface area contributed by atoms with E-state index in [1.165, 1.54) is 9.71 Å². The average molecular weight is 359 g/mol. The average Bonchev–Trinajstić information content (AvgIpc) is 3.01. The van der Waals surface area contributed by atoms with Crippen molar-refractivity contribution < 1.29 is 14.0 Å². The Morgan fingerprint density at radius 2 is 1.80 bits per heavy atom. The van der Waals surface area contributed by atoms with Gasteiger partial charge in [-0.3, -0.25) is 0 Å². The molecule has 0 N–H and O–H groups in total. The van der Waals surface area contributed by atoms with Crippen LogP contribution in [0.1, 0.15) is 46.6 Å². The fraction of sp³-hybridized carbons (Fsp3) is 0.632. The zero-order chi connectivity index (χ0) is 18.0. The highest BCUT2D eigenvalue weighted by molar-refractivity contribution is 7.18. The second-order valence-electron chi connectivity index (χ2n) is 8.74. The predicted molar refractivity (Wildman–Crippen MR) is 103 cm³/mol. The number of hydrogen-bond acceptors (Lipinski definition) is 5. The van der Waals surface area contributed by atoms with Crippen molar-refractivity contribution in [3.63, 3.8) is 0 Å². The van der Waals surface area contributed by atoms with Crippen molar-refractivity contribution >= 4 is 34.1 Å². The number of rotatable bonds is 3. The van der Waals surface area contributed by atoms with Crippen LogP contribution in [0.25, 0.3) is 10.2 Å². The van der Waals surface area contributed by atoms with E-state index >= 15 is 0 Å². The van der Waals surface area contributed by atoms with Crippen LogP contribution in [-0.4, -0.2) is 35.5 Å². The van der Waals surface area contributed by atoms with Crippen LogP contribution in [0.4, 0.5) is 0 Å². The molecule has 2 aliphatic rings. The van der Waals surface area contributed by atoms with E-state index in [4.69, 9.17) is 19.0 Å². The molecule has 6 heteroatoms. The van der Waals surface area contributed by atoms with E-state index in [1.807, 2.05) is 0 Å². The second kappa shape index (κ2) is 5.52. The van der Waals surface area contributed by atoms with Crippen LogP contribution < -0.4 is 5.46 Å². The molecule has 0 spiro atoms. The summed E-state index contributed by atoms with van der Waals surface area (Å²) in [4.78, 5) is 4.86. The van der Waals surface area contributed by atoms with Gasteiger partial charge in [0.2, 0.25) is 0 Å². The van der Waals surface area contributed by atoms with Gasteiger partial charge < -0.3 is 14.0 Å². The summed E-state index contributed by atoms with van der Waals surface area (Å²) < 4.78 is 19.2. The third-order valence-electron chi connectivity index (χ3n) is 6.04. The van der Waals surface area contributed by atoms with Crippen molar-refractivity contribution in [3.05, 3.63) is 23.2 Å². The van der Waals surface area contributed by atoms with Gasteiger partial charge in [0.25, 0.3) is 0 Å². The number of thiazole rings is 1. The Balaban J connectivity index is 1.57. The van der Waals surface area contributed by atoms with Crippen LogP contribution >= 0.6 is 11.3 Å². The fourth-order valence-electron chi connectivity index (χ4n) is 3.26. The fourth-order valence-corrected chi connectivity index (χ4v) is 4.28. The van der Waals surface area contributed by atoms with E-state index in [9.17, 15) is 0 Å². The predicted octanol–water partition coefficient (Wildman–Crippen LogP) is 3.56. The molecule has 0 saturated carbocycles. The van der Waals surface area contributed by atoms with E-state index in [2.05, 4.69) is 59.7 Å². The van der Waals surface area contributed by atoms with E-state index in [0.29, 0.717) is 5.92 Å². The quantitative estimate of drug-likeness (QED) is 0.786. The van der Waals surface area contributed by atoms with Crippen molar-refractivity contribution in [1.82, 2.24) is 4.98 Å². The highest BCUT2D eigenvalue weighted by Crippen LogP contribution is 2.38. The first-order valence-electron chi connectivity index (χ1n) is 8.96. The topological polar surface area (TPSA) is 40.6 Å². The molecule has 0 amide bonds. The van der Waals surface area contributed by atoms with Gasteiger partial charge in [0, 0.05) is 12.3 Å². The molecule has 25 heavy (non-hydrogen) atoms. The maximum absolute atomic E-state index is 6.16. The molecule has 4 rings (SSSR count). The van der Waals surface area contributed by atoms with Crippen molar-refractivity contribution in [2.45, 2.75) is 64.8 Å². The van der Waals surface area contributed by atoms with Gasteiger partial charge in [0.15, 0.2) is 0 Å². The molecule has 2 fully saturated rings. The largest absolute Gasteiger partial charge is 0.494 e. The van der Waals surface area contributed by atoms with Crippen LogP contribution in [0.5, 0.6) is 0 Å². The summed E-state index contributed by atoms with van der Waals surface area (Å²) in [6, 6.07) is 6.35. The Bertz CT molecular complexity index is 798. The number of nitrogens with zero attached hydrogens (tertiary/aromatic N) is 1. The third kappa shape index (κ3) is 2.93. The van der Waals surface area contributed by atoms with Crippen LogP contribution in [0.3, 0.4) is 0 Å². The minimum absolute atomic E-state index is 0.0221. The van der Waals surface area contributed by atoms with Gasteiger partial charge in [0.05, 0.1) is 38.6 Å². The molecule has 2 aromatic rings. The van der Waals surface area contributed by atoms with Crippen molar-refractivity contribution in [2.24, 2.45) is 5.92 Å². The van der Waals surface area contributed by atoms with Gasteiger partial charge in [-0.1, -0.05) is 6.07 Å². The summed E-state index contributed by atoms with van der Waals surface area (Å²) in [6.45, 7) is 13.5. The summed E-state index contributed by atoms with van der Waals surface area (Å²) in [5.41, 5.74) is 1.40. The zero-order valence-electron chi connectivity index (χ0n) is 15.9. The third-order valence-corrected chi connectivity index (χ3v) is 7.10. The Morgan fingerprint density at radius 1 is 1.12 bits per heavy atom. The standard InChI is InChI=1S/C19H26BNO3S/c1-17(2)12(11-22-17)9-16-21-14-10-13(7-8-15(14)25-16)20-23-18(3,4)19(5,6)24-20/h7-8,10,12H,9,11H2,1-6H3. The van der Waals surface area contributed by atoms with Crippen molar-refractivity contribution in [1.29, 1.82) is 0 Å². The normalized spacial score (nSPS) is 26.8. The number of fused-ring (bicyclic) bond motifs is 1. The van der Waals surface area contributed by atoms with Crippen molar-refractivity contribution in [3.8, 4) is 0 Å². The van der Waals surface area contributed by atoms with Crippen LogP contribution in [-0.2, 0) is 20.5 Å². The molecule has 0 bridgehead atoms. The maximum atomic E-state index is 6.16. The molecule has 1 aromatic carbocycles. The van der Waals surface area contributed by atoms with Gasteiger partial charge in [-0.05, 0) is 59.1 Å². The molecule has 1 atom stereocenters. The van der Waals surface area contributed by atoms with Gasteiger partial charge >= 0.3 is 7.12 Å². The Morgan fingerprint density at radius 3 is 2.36 bits per heavy atom. The van der Waals surface area contributed by atoms with Gasteiger partial charge in [-0.2, -0.15) is 0 Å². The van der Waals surface area contributed by atoms with E-state index in [-0.39, 0.29) is 23.9 Å². The monoisotopic (exact) mass is 359 g/mol. The molecule has 134 valence electrons. The molecule has 2 saturated heterocycles. The molecule has 1 aromatic heterocycles. The molecule has 1 unspecified atom stereocenters. The van der Waals surface area contributed by atoms with Gasteiger partial charge in [-0.25, -0.2) is 4.98 Å². The summed E-state index contributed by atoms with van der Waals surface area (Å²) in [5.74, 6) is 0.552. The zero-order valence-corrected chi connectivity index (χ0v) is 16.7. The molecule has 0 radical (unpaired) electrons. The lowest BCUT2D eigenvalue weighted by molar-refractivity contribution is -0.180. The lowest BCUT2D eigenvalue weighted by Gasteiger charge is -2.44. The summed E-state index contributed by atoms with van der Waals surface area (Å²) in [7, 11) is -0.335. The highest BCUT2D eigenvalue weighted by atomic mass is 32.1. The minimum Gasteiger partial charge on any atom is -0.399 e. The maximum Gasteiger partial charge on any atom is 0.494 e. The smallest absolute Gasteiger partial charge is 0.399 e. The van der Waals surface area contributed by atoms with E-state index in [0.717, 1.165) is 24.0 Å². The van der Waals surface area contributed by atoms with Gasteiger partial charge in [-0.15, -0.1) is 11.3 Å². The molecule has 2 aliphatic heterocycles. The number of hydrogen-bond donors (Lipinski definition) is 0. The van der Waals surface area contributed by atoms with E-state index in [1.54, 1.807) is 11.3 Å². The first-order chi connectivity index (χ1) is 11.6. The molecule has 4 nitrogen and oxygen atoms in total. The van der Waals surface area contributed by atoms with E-state index < -0.39 is 0 Å². The molecular formula is C19H26BNO3S. The lowest BCUT2D eigenvalue weighted by Crippen LogP contribution is -2.49. The number of aromatic nitrogens is 1. The second-order valence-corrected chi connectivity index (χ2v) is 9.85. The number of ether oxygens (including phenoxy) is 1. The first kappa shape index (κ1) is 17.5. The summed E-state index contributed by atoms with van der Waals surface area (Å²) in [6.07, 6.45) is 0.984. The lowest BCUT2D eigenvalue weighted by atomic mass is 9.79. The molecular weight excluding hydrogens is 333 g/mol. The molecule has 3 heterocycles. The van der Waals surface area contributed by atoms with Crippen molar-refractivity contribution in [2.75, 3.05) is 6.61 Å². The highest BCUT2D eigenvalue weighted by Gasteiger charge is 2.51. The van der Waals surface area contributed by atoms with Crippen LogP contribution in [0, 0.1) is 5.92 Å². The SMILES string of the molecule is CC1(C)OCC1Cc1nc2cc(B3OC(C)(C)C(C)(C)O3)ccc2s1. The minimum atomic E-state index is -0.335. The van der Waals surface area contributed by atoms with Crippen LogP contribution in [0.15, 0.2) is 18.2 Å².